The summed E-state index contributed by atoms with van der Waals surface area (Å²) >= 11 is 0. The van der Waals surface area contributed by atoms with E-state index in [9.17, 15) is 4.79 Å². The van der Waals surface area contributed by atoms with Gasteiger partial charge in [-0.3, -0.25) is 4.79 Å². The maximum atomic E-state index is 12.2. The highest BCUT2D eigenvalue weighted by Gasteiger charge is 2.08. The molecule has 0 spiro atoms. The van der Waals surface area contributed by atoms with Gasteiger partial charge in [0.2, 0.25) is 0 Å². The number of nitrogens with two attached hydrogens (primary N) is 1. The molecule has 0 heterocycles. The molecule has 0 aliphatic heterocycles. The van der Waals surface area contributed by atoms with Crippen LogP contribution in [0.3, 0.4) is 0 Å². The number of aryl methyl sites for hydroxylation is 2. The Bertz CT molecular complexity index is 651. The predicted octanol–water partition coefficient (Wildman–Crippen LogP) is 3.15. The highest BCUT2D eigenvalue weighted by atomic mass is 16.5. The van der Waals surface area contributed by atoms with Gasteiger partial charge in [0.05, 0.1) is 12.8 Å². The zero-order chi connectivity index (χ0) is 14.7. The molecular formula is C16H18N2O2. The zero-order valence-electron chi connectivity index (χ0n) is 11.9. The number of amides is 1. The SMILES string of the molecule is COc1cc(NC(=O)c2ccc(C)c(C)c2)ccc1N. The summed E-state index contributed by atoms with van der Waals surface area (Å²) in [6, 6.07) is 10.8. The maximum absolute atomic E-state index is 12.2. The van der Waals surface area contributed by atoms with Crippen LogP contribution in [-0.2, 0) is 0 Å². The van der Waals surface area contributed by atoms with Crippen molar-refractivity contribution in [3.8, 4) is 5.75 Å². The Kier molecular flexibility index (Phi) is 3.94. The second-order valence-electron chi connectivity index (χ2n) is 4.71. The van der Waals surface area contributed by atoms with Gasteiger partial charge in [0.25, 0.3) is 5.91 Å². The first-order chi connectivity index (χ1) is 9.51. The van der Waals surface area contributed by atoms with Crippen LogP contribution in [0, 0.1) is 13.8 Å². The average Bonchev–Trinajstić information content (AvgIpc) is 2.43. The van der Waals surface area contributed by atoms with Crippen molar-refractivity contribution in [3.63, 3.8) is 0 Å². The second kappa shape index (κ2) is 5.65. The number of ether oxygens (including phenoxy) is 1. The molecule has 0 atom stereocenters. The first-order valence-corrected chi connectivity index (χ1v) is 6.33. The highest BCUT2D eigenvalue weighted by Crippen LogP contribution is 2.25. The Morgan fingerprint density at radius 3 is 2.50 bits per heavy atom. The lowest BCUT2D eigenvalue weighted by Gasteiger charge is -2.10. The first-order valence-electron chi connectivity index (χ1n) is 6.33. The smallest absolute Gasteiger partial charge is 0.255 e. The summed E-state index contributed by atoms with van der Waals surface area (Å²) in [5.41, 5.74) is 9.81. The van der Waals surface area contributed by atoms with Crippen LogP contribution in [0.1, 0.15) is 21.5 Å². The number of methoxy groups -OCH3 is 1. The third-order valence-electron chi connectivity index (χ3n) is 3.26. The Morgan fingerprint density at radius 2 is 1.85 bits per heavy atom. The fourth-order valence-corrected chi connectivity index (χ4v) is 1.87. The third-order valence-corrected chi connectivity index (χ3v) is 3.26. The molecule has 0 saturated heterocycles. The van der Waals surface area contributed by atoms with E-state index in [0.29, 0.717) is 22.7 Å². The fourth-order valence-electron chi connectivity index (χ4n) is 1.87. The number of nitrogens with one attached hydrogen (secondary N) is 1. The molecule has 0 aromatic heterocycles. The van der Waals surface area contributed by atoms with Crippen molar-refractivity contribution in [2.45, 2.75) is 13.8 Å². The Hall–Kier alpha value is -2.49. The highest BCUT2D eigenvalue weighted by molar-refractivity contribution is 6.04. The van der Waals surface area contributed by atoms with E-state index in [1.807, 2.05) is 32.0 Å². The molecule has 0 saturated carbocycles. The molecule has 0 fully saturated rings. The van der Waals surface area contributed by atoms with E-state index < -0.39 is 0 Å². The molecule has 2 aromatic rings. The van der Waals surface area contributed by atoms with Gasteiger partial charge >= 0.3 is 0 Å². The van der Waals surface area contributed by atoms with Crippen molar-refractivity contribution in [3.05, 3.63) is 53.1 Å². The second-order valence-corrected chi connectivity index (χ2v) is 4.71. The number of carbonyl (C=O) groups excluding carboxylic acids is 1. The predicted molar refractivity (Wildman–Crippen MR) is 81.3 cm³/mol. The van der Waals surface area contributed by atoms with Crippen LogP contribution < -0.4 is 15.8 Å². The number of carbonyl (C=O) groups is 1. The van der Waals surface area contributed by atoms with Crippen molar-refractivity contribution < 1.29 is 9.53 Å². The molecule has 0 aliphatic carbocycles. The minimum Gasteiger partial charge on any atom is -0.495 e. The topological polar surface area (TPSA) is 64.3 Å². The lowest BCUT2D eigenvalue weighted by atomic mass is 10.1. The Labute approximate surface area is 118 Å². The van der Waals surface area contributed by atoms with Crippen LogP contribution in [0.4, 0.5) is 11.4 Å². The Balaban J connectivity index is 2.21. The minimum atomic E-state index is -0.153. The van der Waals surface area contributed by atoms with Crippen LogP contribution in [0.25, 0.3) is 0 Å². The lowest BCUT2D eigenvalue weighted by molar-refractivity contribution is 0.102. The van der Waals surface area contributed by atoms with Gasteiger partial charge in [-0.25, -0.2) is 0 Å². The summed E-state index contributed by atoms with van der Waals surface area (Å²) in [5, 5.41) is 2.83. The van der Waals surface area contributed by atoms with Crippen LogP contribution in [0.5, 0.6) is 5.75 Å². The summed E-state index contributed by atoms with van der Waals surface area (Å²) in [5.74, 6) is 0.391. The van der Waals surface area contributed by atoms with E-state index in [-0.39, 0.29) is 5.91 Å². The van der Waals surface area contributed by atoms with E-state index in [4.69, 9.17) is 10.5 Å². The molecule has 2 aromatic carbocycles. The van der Waals surface area contributed by atoms with Gasteiger partial charge in [-0.1, -0.05) is 6.07 Å². The maximum Gasteiger partial charge on any atom is 0.255 e. The third kappa shape index (κ3) is 2.91. The normalized spacial score (nSPS) is 10.2. The molecule has 20 heavy (non-hydrogen) atoms. The van der Waals surface area contributed by atoms with Crippen molar-refractivity contribution in [1.82, 2.24) is 0 Å². The van der Waals surface area contributed by atoms with Gasteiger partial charge < -0.3 is 15.8 Å². The zero-order valence-corrected chi connectivity index (χ0v) is 11.9. The number of benzene rings is 2. The van der Waals surface area contributed by atoms with Gasteiger partial charge in [0.1, 0.15) is 5.75 Å². The number of anilines is 2. The molecule has 0 radical (unpaired) electrons. The van der Waals surface area contributed by atoms with Gasteiger partial charge in [-0.15, -0.1) is 0 Å². The van der Waals surface area contributed by atoms with E-state index in [0.717, 1.165) is 11.1 Å². The largest absolute Gasteiger partial charge is 0.495 e. The molecule has 0 aliphatic rings. The number of hydrogen-bond donors (Lipinski definition) is 2. The first kappa shape index (κ1) is 13.9. The summed E-state index contributed by atoms with van der Waals surface area (Å²) in [6.45, 7) is 4.00. The molecule has 3 N–H and O–H groups in total. The fraction of sp³-hybridized carbons (Fsp3) is 0.188. The quantitative estimate of drug-likeness (QED) is 0.842. The molecule has 4 nitrogen and oxygen atoms in total. The van der Waals surface area contributed by atoms with E-state index >= 15 is 0 Å². The van der Waals surface area contributed by atoms with Crippen molar-refractivity contribution >= 4 is 17.3 Å². The van der Waals surface area contributed by atoms with E-state index in [1.165, 1.54) is 0 Å². The molecule has 0 bridgehead atoms. The van der Waals surface area contributed by atoms with E-state index in [2.05, 4.69) is 5.32 Å². The van der Waals surface area contributed by atoms with Gasteiger partial charge in [0.15, 0.2) is 0 Å². The molecule has 2 rings (SSSR count). The van der Waals surface area contributed by atoms with Crippen LogP contribution in [0.2, 0.25) is 0 Å². The van der Waals surface area contributed by atoms with Gasteiger partial charge in [-0.05, 0) is 49.2 Å². The Morgan fingerprint density at radius 1 is 1.10 bits per heavy atom. The average molecular weight is 270 g/mol. The van der Waals surface area contributed by atoms with Crippen molar-refractivity contribution in [2.75, 3.05) is 18.2 Å². The summed E-state index contributed by atoms with van der Waals surface area (Å²) in [6.07, 6.45) is 0. The number of rotatable bonds is 3. The summed E-state index contributed by atoms with van der Waals surface area (Å²) in [7, 11) is 1.54. The number of nitrogen functional groups attached to an aromatic ring is 1. The molecule has 4 heteroatoms. The van der Waals surface area contributed by atoms with Crippen molar-refractivity contribution in [1.29, 1.82) is 0 Å². The number of hydrogen-bond acceptors (Lipinski definition) is 3. The molecule has 0 unspecified atom stereocenters. The van der Waals surface area contributed by atoms with Crippen molar-refractivity contribution in [2.24, 2.45) is 0 Å². The summed E-state index contributed by atoms with van der Waals surface area (Å²) in [4.78, 5) is 12.2. The molecule has 104 valence electrons. The van der Waals surface area contributed by atoms with Crippen LogP contribution in [0.15, 0.2) is 36.4 Å². The van der Waals surface area contributed by atoms with Gasteiger partial charge in [-0.2, -0.15) is 0 Å². The minimum absolute atomic E-state index is 0.153. The van der Waals surface area contributed by atoms with E-state index in [1.54, 1.807) is 25.3 Å². The molecular weight excluding hydrogens is 252 g/mol. The van der Waals surface area contributed by atoms with Crippen LogP contribution in [-0.4, -0.2) is 13.0 Å². The summed E-state index contributed by atoms with van der Waals surface area (Å²) < 4.78 is 5.13. The lowest BCUT2D eigenvalue weighted by Crippen LogP contribution is -2.12. The van der Waals surface area contributed by atoms with Crippen LogP contribution >= 0.6 is 0 Å². The monoisotopic (exact) mass is 270 g/mol. The van der Waals surface area contributed by atoms with Gasteiger partial charge in [0, 0.05) is 17.3 Å². The molecule has 1 amide bonds. The standard InChI is InChI=1S/C16H18N2O2/c1-10-4-5-12(8-11(10)2)16(19)18-13-6-7-14(17)15(9-13)20-3/h4-9H,17H2,1-3H3,(H,18,19).